The third kappa shape index (κ3) is 4.06. The van der Waals surface area contributed by atoms with E-state index in [9.17, 15) is 0 Å². The number of nitrogens with zero attached hydrogens (tertiary/aromatic N) is 3. The highest BCUT2D eigenvalue weighted by atomic mass is 15.0. The standard InChI is InChI=1S/C38H29N3/c1-5-27(21-25(3)26(4)22-29-12-7-6-11-24(29)2)30-17-18-31-35(23-30)41-34-15-9-8-14-33(34)40-38(41)32-19-16-28-13-10-20-39-37(28)36(31)32/h5-23H,1,3H2,2,4H3/b26-22+,27-21+. The van der Waals surface area contributed by atoms with Crippen molar-refractivity contribution in [3.05, 3.63) is 150 Å². The van der Waals surface area contributed by atoms with Crippen LogP contribution in [0.1, 0.15) is 23.6 Å². The molecule has 0 bridgehead atoms. The SMILES string of the molecule is C=C/C(=C\C(=C)/C(C)=C/c1ccccc1C)c1ccc2c3c(ccc4cccnc43)c3nc4ccccc4n3c2c1. The zero-order chi connectivity index (χ0) is 28.1. The van der Waals surface area contributed by atoms with E-state index in [1.165, 1.54) is 11.1 Å². The lowest BCUT2D eigenvalue weighted by atomic mass is 9.96. The first-order valence-corrected chi connectivity index (χ1v) is 13.8. The van der Waals surface area contributed by atoms with Gasteiger partial charge in [-0.3, -0.25) is 9.38 Å². The fourth-order valence-electron chi connectivity index (χ4n) is 5.80. The number of benzene rings is 4. The smallest absolute Gasteiger partial charge is 0.146 e. The summed E-state index contributed by atoms with van der Waals surface area (Å²) in [4.78, 5) is 9.90. The molecule has 0 aliphatic carbocycles. The van der Waals surface area contributed by atoms with Crippen molar-refractivity contribution in [3.8, 4) is 0 Å². The Morgan fingerprint density at radius 2 is 1.66 bits per heavy atom. The number of imidazole rings is 1. The van der Waals surface area contributed by atoms with Crippen LogP contribution >= 0.6 is 0 Å². The molecule has 0 saturated carbocycles. The Morgan fingerprint density at radius 3 is 2.51 bits per heavy atom. The molecule has 41 heavy (non-hydrogen) atoms. The molecule has 4 aromatic carbocycles. The molecule has 3 heterocycles. The van der Waals surface area contributed by atoms with Crippen molar-refractivity contribution in [2.75, 3.05) is 0 Å². The topological polar surface area (TPSA) is 30.2 Å². The lowest BCUT2D eigenvalue weighted by Crippen LogP contribution is -1.95. The second-order valence-electron chi connectivity index (χ2n) is 10.6. The summed E-state index contributed by atoms with van der Waals surface area (Å²) in [6.45, 7) is 12.8. The summed E-state index contributed by atoms with van der Waals surface area (Å²) in [6, 6.07) is 31.8. The molecule has 0 aliphatic heterocycles. The van der Waals surface area contributed by atoms with Gasteiger partial charge in [0, 0.05) is 27.7 Å². The van der Waals surface area contributed by atoms with E-state index < -0.39 is 0 Å². The summed E-state index contributed by atoms with van der Waals surface area (Å²) in [5.74, 6) is 0. The molecule has 0 spiro atoms. The molecule has 0 amide bonds. The third-order valence-corrected chi connectivity index (χ3v) is 8.03. The number of hydrogen-bond donors (Lipinski definition) is 0. The van der Waals surface area contributed by atoms with Gasteiger partial charge in [0.15, 0.2) is 0 Å². The van der Waals surface area contributed by atoms with E-state index in [0.717, 1.165) is 71.5 Å². The molecule has 196 valence electrons. The molecule has 3 nitrogen and oxygen atoms in total. The Morgan fingerprint density at radius 1 is 0.854 bits per heavy atom. The van der Waals surface area contributed by atoms with Crippen LogP contribution in [0.2, 0.25) is 0 Å². The van der Waals surface area contributed by atoms with E-state index in [0.29, 0.717) is 0 Å². The van der Waals surface area contributed by atoms with Gasteiger partial charge in [-0.2, -0.15) is 0 Å². The summed E-state index contributed by atoms with van der Waals surface area (Å²) in [7, 11) is 0. The average Bonchev–Trinajstić information content (AvgIpc) is 3.40. The van der Waals surface area contributed by atoms with Crippen LogP contribution in [0.15, 0.2) is 134 Å². The van der Waals surface area contributed by atoms with Gasteiger partial charge in [0.1, 0.15) is 5.65 Å². The van der Waals surface area contributed by atoms with Crippen LogP contribution in [0.3, 0.4) is 0 Å². The van der Waals surface area contributed by atoms with Crippen LogP contribution in [0, 0.1) is 6.92 Å². The fourth-order valence-corrected chi connectivity index (χ4v) is 5.80. The number of aromatic nitrogens is 3. The van der Waals surface area contributed by atoms with Crippen LogP contribution < -0.4 is 0 Å². The number of allylic oxidation sites excluding steroid dienone is 5. The molecule has 0 N–H and O–H groups in total. The van der Waals surface area contributed by atoms with Crippen molar-refractivity contribution in [2.45, 2.75) is 13.8 Å². The van der Waals surface area contributed by atoms with Gasteiger partial charge in [-0.15, -0.1) is 0 Å². The molecule has 0 saturated heterocycles. The lowest BCUT2D eigenvalue weighted by molar-refractivity contribution is 1.31. The number of rotatable bonds is 5. The number of pyridine rings is 2. The minimum absolute atomic E-state index is 0.934. The predicted molar refractivity (Wildman–Crippen MR) is 175 cm³/mol. The van der Waals surface area contributed by atoms with E-state index in [2.05, 4.69) is 122 Å². The first-order chi connectivity index (χ1) is 20.0. The fraction of sp³-hybridized carbons (Fsp3) is 0.0526. The number of aryl methyl sites for hydroxylation is 1. The normalized spacial score (nSPS) is 12.6. The van der Waals surface area contributed by atoms with Gasteiger partial charge in [-0.05, 0) is 83.7 Å². The Kier molecular flexibility index (Phi) is 5.87. The van der Waals surface area contributed by atoms with Crippen molar-refractivity contribution in [1.29, 1.82) is 0 Å². The Bertz CT molecular complexity index is 2260. The van der Waals surface area contributed by atoms with Crippen molar-refractivity contribution in [1.82, 2.24) is 14.4 Å². The molecule has 0 unspecified atom stereocenters. The van der Waals surface area contributed by atoms with Crippen LogP contribution in [0.5, 0.6) is 0 Å². The molecule has 0 atom stereocenters. The van der Waals surface area contributed by atoms with Gasteiger partial charge in [-0.25, -0.2) is 4.98 Å². The minimum atomic E-state index is 0.934. The van der Waals surface area contributed by atoms with E-state index in [-0.39, 0.29) is 0 Å². The van der Waals surface area contributed by atoms with Gasteiger partial charge < -0.3 is 0 Å². The third-order valence-electron chi connectivity index (χ3n) is 8.03. The van der Waals surface area contributed by atoms with Gasteiger partial charge >= 0.3 is 0 Å². The van der Waals surface area contributed by atoms with Crippen LogP contribution in [0.25, 0.3) is 60.9 Å². The first-order valence-electron chi connectivity index (χ1n) is 13.8. The summed E-state index contributed by atoms with van der Waals surface area (Å²) in [6.07, 6.45) is 8.10. The van der Waals surface area contributed by atoms with Crippen LogP contribution in [-0.4, -0.2) is 14.4 Å². The molecule has 7 rings (SSSR count). The number of fused-ring (bicyclic) bond motifs is 10. The summed E-state index contributed by atoms with van der Waals surface area (Å²) < 4.78 is 2.28. The Balaban J connectivity index is 1.48. The summed E-state index contributed by atoms with van der Waals surface area (Å²) in [5.41, 5.74) is 11.7. The highest BCUT2D eigenvalue weighted by molar-refractivity contribution is 6.23. The van der Waals surface area contributed by atoms with Crippen molar-refractivity contribution in [3.63, 3.8) is 0 Å². The molecule has 0 fully saturated rings. The maximum atomic E-state index is 5.09. The van der Waals surface area contributed by atoms with Crippen molar-refractivity contribution < 1.29 is 0 Å². The van der Waals surface area contributed by atoms with Crippen LogP contribution in [-0.2, 0) is 0 Å². The highest BCUT2D eigenvalue weighted by Gasteiger charge is 2.17. The molecule has 3 heteroatoms. The van der Waals surface area contributed by atoms with Gasteiger partial charge in [0.05, 0.1) is 22.1 Å². The van der Waals surface area contributed by atoms with E-state index >= 15 is 0 Å². The second kappa shape index (κ2) is 9.72. The zero-order valence-corrected chi connectivity index (χ0v) is 23.2. The van der Waals surface area contributed by atoms with E-state index in [1.54, 1.807) is 0 Å². The zero-order valence-electron chi connectivity index (χ0n) is 23.2. The molecule has 0 radical (unpaired) electrons. The first kappa shape index (κ1) is 24.7. The van der Waals surface area contributed by atoms with Gasteiger partial charge in [0.2, 0.25) is 0 Å². The molecule has 3 aromatic heterocycles. The van der Waals surface area contributed by atoms with Crippen molar-refractivity contribution >= 4 is 60.9 Å². The number of hydrogen-bond acceptors (Lipinski definition) is 2. The Hall–Kier alpha value is -5.28. The quantitative estimate of drug-likeness (QED) is 0.165. The van der Waals surface area contributed by atoms with Gasteiger partial charge in [-0.1, -0.05) is 86.0 Å². The van der Waals surface area contributed by atoms with E-state index in [4.69, 9.17) is 9.97 Å². The van der Waals surface area contributed by atoms with Crippen molar-refractivity contribution in [2.24, 2.45) is 0 Å². The lowest BCUT2D eigenvalue weighted by Gasteiger charge is -2.13. The maximum absolute atomic E-state index is 5.09. The van der Waals surface area contributed by atoms with Crippen LogP contribution in [0.4, 0.5) is 0 Å². The minimum Gasteiger partial charge on any atom is -0.292 e. The summed E-state index contributed by atoms with van der Waals surface area (Å²) in [5, 5.41) is 4.47. The average molecular weight is 528 g/mol. The molecular weight excluding hydrogens is 498 g/mol. The second-order valence-corrected chi connectivity index (χ2v) is 10.6. The van der Waals surface area contributed by atoms with E-state index in [1.807, 2.05) is 24.4 Å². The Labute approximate surface area is 239 Å². The molecule has 7 aromatic rings. The molecule has 0 aliphatic rings. The monoisotopic (exact) mass is 527 g/mol. The number of para-hydroxylation sites is 2. The highest BCUT2D eigenvalue weighted by Crippen LogP contribution is 2.37. The summed E-state index contributed by atoms with van der Waals surface area (Å²) >= 11 is 0. The largest absolute Gasteiger partial charge is 0.292 e. The predicted octanol–water partition coefficient (Wildman–Crippen LogP) is 9.88. The maximum Gasteiger partial charge on any atom is 0.146 e. The molecular formula is C38H29N3. The van der Waals surface area contributed by atoms with Gasteiger partial charge in [0.25, 0.3) is 0 Å².